The summed E-state index contributed by atoms with van der Waals surface area (Å²) in [4.78, 5) is 30.8. The Morgan fingerprint density at radius 2 is 2.12 bits per heavy atom. The number of aryl methyl sites for hydroxylation is 2. The van der Waals surface area contributed by atoms with Gasteiger partial charge >= 0.3 is 0 Å². The molecule has 1 N–H and O–H groups in total. The number of thiophene rings is 1. The van der Waals surface area contributed by atoms with Gasteiger partial charge in [-0.25, -0.2) is 4.98 Å². The van der Waals surface area contributed by atoms with Crippen LogP contribution in [0.3, 0.4) is 0 Å². The second kappa shape index (κ2) is 7.19. The smallest absolute Gasteiger partial charge is 0.262 e. The zero-order valence-electron chi connectivity index (χ0n) is 13.9. The summed E-state index contributed by atoms with van der Waals surface area (Å²) in [5.74, 6) is -0.0246. The Bertz CT molecular complexity index is 1030. The summed E-state index contributed by atoms with van der Waals surface area (Å²) >= 11 is 8.77. The number of carbonyl (C=O) groups excluding carboxylic acids is 1. The zero-order chi connectivity index (χ0) is 18.1. The quantitative estimate of drug-likeness (QED) is 0.537. The van der Waals surface area contributed by atoms with Crippen LogP contribution in [0.15, 0.2) is 34.2 Å². The monoisotopic (exact) mass is 393 g/mol. The van der Waals surface area contributed by atoms with Crippen molar-refractivity contribution in [2.45, 2.75) is 19.0 Å². The Hall–Kier alpha value is -1.83. The van der Waals surface area contributed by atoms with Gasteiger partial charge in [0.25, 0.3) is 5.56 Å². The van der Waals surface area contributed by atoms with Gasteiger partial charge in [0.05, 0.1) is 11.1 Å². The number of nitrogens with one attached hydrogen (secondary N) is 1. The molecule has 2 aromatic heterocycles. The van der Waals surface area contributed by atoms with Gasteiger partial charge in [0, 0.05) is 22.6 Å². The van der Waals surface area contributed by atoms with Gasteiger partial charge in [-0.2, -0.15) is 0 Å². The number of carbonyl (C=O) groups is 1. The molecule has 3 rings (SSSR count). The van der Waals surface area contributed by atoms with Crippen molar-refractivity contribution in [3.8, 4) is 0 Å². The highest BCUT2D eigenvalue weighted by atomic mass is 35.5. The topological polar surface area (TPSA) is 64.0 Å². The zero-order valence-corrected chi connectivity index (χ0v) is 16.3. The molecule has 0 bridgehead atoms. The van der Waals surface area contributed by atoms with Crippen LogP contribution >= 0.6 is 34.7 Å². The maximum Gasteiger partial charge on any atom is 0.262 e. The molecule has 1 aromatic carbocycles. The third-order valence-corrected chi connectivity index (χ3v) is 6.02. The number of rotatable bonds is 4. The molecule has 3 aromatic rings. The lowest BCUT2D eigenvalue weighted by molar-refractivity contribution is -0.113. The second-order valence-electron chi connectivity index (χ2n) is 5.64. The van der Waals surface area contributed by atoms with E-state index in [4.69, 9.17) is 11.6 Å². The maximum atomic E-state index is 12.4. The molecular formula is C17H16ClN3O2S2. The van der Waals surface area contributed by atoms with Gasteiger partial charge < -0.3 is 5.32 Å². The average molecular weight is 394 g/mol. The van der Waals surface area contributed by atoms with Gasteiger partial charge in [0.2, 0.25) is 5.91 Å². The van der Waals surface area contributed by atoms with Crippen LogP contribution in [-0.4, -0.2) is 21.2 Å². The van der Waals surface area contributed by atoms with Crippen LogP contribution in [0.4, 0.5) is 5.69 Å². The molecule has 0 saturated heterocycles. The lowest BCUT2D eigenvalue weighted by Gasteiger charge is -2.08. The first-order valence-electron chi connectivity index (χ1n) is 7.51. The molecule has 0 saturated carbocycles. The lowest BCUT2D eigenvalue weighted by atomic mass is 10.2. The van der Waals surface area contributed by atoms with Crippen LogP contribution in [0.1, 0.15) is 10.4 Å². The third-order valence-electron chi connectivity index (χ3n) is 3.64. The van der Waals surface area contributed by atoms with Crippen molar-refractivity contribution < 1.29 is 4.79 Å². The Morgan fingerprint density at radius 3 is 2.84 bits per heavy atom. The molecule has 0 atom stereocenters. The second-order valence-corrected chi connectivity index (χ2v) is 8.22. The molecule has 130 valence electrons. The molecule has 0 spiro atoms. The lowest BCUT2D eigenvalue weighted by Crippen LogP contribution is -2.20. The van der Waals surface area contributed by atoms with E-state index in [0.717, 1.165) is 10.4 Å². The van der Waals surface area contributed by atoms with Crippen molar-refractivity contribution in [3.05, 3.63) is 50.1 Å². The number of amides is 1. The van der Waals surface area contributed by atoms with Gasteiger partial charge in [-0.3, -0.25) is 14.2 Å². The number of hydrogen-bond acceptors (Lipinski definition) is 5. The maximum absolute atomic E-state index is 12.4. The standard InChI is InChI=1S/C17H16ClN3O2S2/c1-9-4-5-11(7-13(9)18)19-14(22)8-24-17-20-15-12(6-10(2)25-15)16(23)21(17)3/h4-7H,8H2,1-3H3,(H,19,22). The molecule has 8 heteroatoms. The van der Waals surface area contributed by atoms with E-state index in [1.54, 1.807) is 19.2 Å². The van der Waals surface area contributed by atoms with E-state index in [-0.39, 0.29) is 17.2 Å². The minimum Gasteiger partial charge on any atom is -0.325 e. The minimum atomic E-state index is -0.179. The van der Waals surface area contributed by atoms with Crippen molar-refractivity contribution in [1.29, 1.82) is 0 Å². The number of nitrogens with zero attached hydrogens (tertiary/aromatic N) is 2. The molecule has 0 radical (unpaired) electrons. The Morgan fingerprint density at radius 1 is 1.36 bits per heavy atom. The van der Waals surface area contributed by atoms with Crippen molar-refractivity contribution in [2.75, 3.05) is 11.1 Å². The molecule has 0 unspecified atom stereocenters. The first-order valence-corrected chi connectivity index (χ1v) is 9.69. The van der Waals surface area contributed by atoms with E-state index in [1.807, 2.05) is 26.0 Å². The Labute approximate surface area is 158 Å². The van der Waals surface area contributed by atoms with Crippen molar-refractivity contribution >= 4 is 56.5 Å². The predicted molar refractivity (Wildman–Crippen MR) is 105 cm³/mol. The van der Waals surface area contributed by atoms with E-state index in [0.29, 0.717) is 26.1 Å². The summed E-state index contributed by atoms with van der Waals surface area (Å²) in [6, 6.07) is 7.22. The molecule has 5 nitrogen and oxygen atoms in total. The summed E-state index contributed by atoms with van der Waals surface area (Å²) in [5, 5.41) is 4.55. The fourth-order valence-corrected chi connectivity index (χ4v) is 4.17. The van der Waals surface area contributed by atoms with E-state index >= 15 is 0 Å². The summed E-state index contributed by atoms with van der Waals surface area (Å²) in [6.45, 7) is 3.84. The van der Waals surface area contributed by atoms with Crippen LogP contribution in [0, 0.1) is 13.8 Å². The van der Waals surface area contributed by atoms with Gasteiger partial charge in [-0.15, -0.1) is 11.3 Å². The number of thioether (sulfide) groups is 1. The van der Waals surface area contributed by atoms with Gasteiger partial charge in [0.15, 0.2) is 5.16 Å². The van der Waals surface area contributed by atoms with Crippen LogP contribution in [0.25, 0.3) is 10.2 Å². The van der Waals surface area contributed by atoms with E-state index in [1.165, 1.54) is 27.7 Å². The largest absolute Gasteiger partial charge is 0.325 e. The van der Waals surface area contributed by atoms with Crippen LogP contribution in [0.2, 0.25) is 5.02 Å². The highest BCUT2D eigenvalue weighted by molar-refractivity contribution is 7.99. The predicted octanol–water partition coefficient (Wildman–Crippen LogP) is 4.00. The van der Waals surface area contributed by atoms with E-state index in [9.17, 15) is 9.59 Å². The Balaban J connectivity index is 1.73. The molecule has 0 aliphatic carbocycles. The summed E-state index contributed by atoms with van der Waals surface area (Å²) in [7, 11) is 1.67. The molecular weight excluding hydrogens is 378 g/mol. The first kappa shape index (κ1) is 18.0. The van der Waals surface area contributed by atoms with Crippen LogP contribution in [-0.2, 0) is 11.8 Å². The van der Waals surface area contributed by atoms with E-state index in [2.05, 4.69) is 10.3 Å². The number of hydrogen-bond donors (Lipinski definition) is 1. The Kier molecular flexibility index (Phi) is 5.17. The molecule has 0 aliphatic heterocycles. The molecule has 25 heavy (non-hydrogen) atoms. The summed E-state index contributed by atoms with van der Waals surface area (Å²) < 4.78 is 1.48. The summed E-state index contributed by atoms with van der Waals surface area (Å²) in [6.07, 6.45) is 0. The fraction of sp³-hybridized carbons (Fsp3) is 0.235. The SMILES string of the molecule is Cc1cc2c(=O)n(C)c(SCC(=O)Nc3ccc(C)c(Cl)c3)nc2s1. The normalized spacial score (nSPS) is 11.0. The highest BCUT2D eigenvalue weighted by Gasteiger charge is 2.13. The molecule has 0 fully saturated rings. The molecule has 2 heterocycles. The number of anilines is 1. The van der Waals surface area contributed by atoms with Crippen molar-refractivity contribution in [1.82, 2.24) is 9.55 Å². The van der Waals surface area contributed by atoms with E-state index < -0.39 is 0 Å². The number of benzene rings is 1. The fourth-order valence-electron chi connectivity index (χ4n) is 2.29. The number of fused-ring (bicyclic) bond motifs is 1. The van der Waals surface area contributed by atoms with Crippen molar-refractivity contribution in [3.63, 3.8) is 0 Å². The van der Waals surface area contributed by atoms with Crippen LogP contribution in [0.5, 0.6) is 0 Å². The van der Waals surface area contributed by atoms with Gasteiger partial charge in [-0.1, -0.05) is 29.4 Å². The third kappa shape index (κ3) is 3.89. The van der Waals surface area contributed by atoms with Gasteiger partial charge in [0.1, 0.15) is 4.83 Å². The average Bonchev–Trinajstić information content (AvgIpc) is 2.94. The van der Waals surface area contributed by atoms with Crippen LogP contribution < -0.4 is 10.9 Å². The first-order chi connectivity index (χ1) is 11.8. The highest BCUT2D eigenvalue weighted by Crippen LogP contribution is 2.24. The van der Waals surface area contributed by atoms with Gasteiger partial charge in [-0.05, 0) is 37.6 Å². The van der Waals surface area contributed by atoms with Crippen molar-refractivity contribution in [2.24, 2.45) is 7.05 Å². The minimum absolute atomic E-state index is 0.0948. The number of halogens is 1. The summed E-state index contributed by atoms with van der Waals surface area (Å²) in [5.41, 5.74) is 1.50. The molecule has 1 amide bonds. The molecule has 0 aliphatic rings. The number of aromatic nitrogens is 2.